The number of hydrogen-bond acceptors (Lipinski definition) is 1. The SMILES string of the molecule is CN1CCC(C(C)(C)C2=CCCC=C2)CC1. The molecule has 0 atom stereocenters. The molecule has 2 rings (SSSR count). The van der Waals surface area contributed by atoms with Crippen molar-refractivity contribution in [2.24, 2.45) is 11.3 Å². The minimum absolute atomic E-state index is 0.373. The van der Waals surface area contributed by atoms with Gasteiger partial charge in [0, 0.05) is 0 Å². The Bertz CT molecular complexity index is 291. The number of piperidine rings is 1. The van der Waals surface area contributed by atoms with Gasteiger partial charge in [-0.25, -0.2) is 0 Å². The molecule has 1 saturated heterocycles. The van der Waals surface area contributed by atoms with E-state index in [2.05, 4.69) is 44.0 Å². The number of rotatable bonds is 2. The lowest BCUT2D eigenvalue weighted by Gasteiger charge is -2.41. The third kappa shape index (κ3) is 2.40. The highest BCUT2D eigenvalue weighted by atomic mass is 15.1. The minimum Gasteiger partial charge on any atom is -0.306 e. The first-order valence-corrected chi connectivity index (χ1v) is 6.66. The Morgan fingerprint density at radius 2 is 1.88 bits per heavy atom. The number of allylic oxidation sites excluding steroid dienone is 4. The van der Waals surface area contributed by atoms with Crippen molar-refractivity contribution in [3.05, 3.63) is 23.8 Å². The molecule has 0 unspecified atom stereocenters. The van der Waals surface area contributed by atoms with E-state index in [1.54, 1.807) is 5.57 Å². The summed E-state index contributed by atoms with van der Waals surface area (Å²) in [6.07, 6.45) is 12.3. The van der Waals surface area contributed by atoms with Gasteiger partial charge in [-0.1, -0.05) is 32.1 Å². The highest BCUT2D eigenvalue weighted by molar-refractivity contribution is 5.29. The van der Waals surface area contributed by atoms with Crippen molar-refractivity contribution in [1.29, 1.82) is 0 Å². The maximum atomic E-state index is 2.46. The third-order valence-electron chi connectivity index (χ3n) is 4.48. The molecule has 0 saturated carbocycles. The first kappa shape index (κ1) is 11.9. The molecule has 1 aliphatic carbocycles. The van der Waals surface area contributed by atoms with Gasteiger partial charge < -0.3 is 4.90 Å². The summed E-state index contributed by atoms with van der Waals surface area (Å²) in [5, 5.41) is 0. The first-order valence-electron chi connectivity index (χ1n) is 6.66. The van der Waals surface area contributed by atoms with Crippen LogP contribution in [0.15, 0.2) is 23.8 Å². The maximum Gasteiger partial charge on any atom is -0.00188 e. The molecule has 0 spiro atoms. The molecule has 2 aliphatic rings. The second-order valence-electron chi connectivity index (χ2n) is 5.94. The summed E-state index contributed by atoms with van der Waals surface area (Å²) in [4.78, 5) is 2.46. The van der Waals surface area contributed by atoms with Crippen molar-refractivity contribution in [3.8, 4) is 0 Å². The van der Waals surface area contributed by atoms with Crippen LogP contribution in [0.1, 0.15) is 39.5 Å². The molecular weight excluding hydrogens is 194 g/mol. The lowest BCUT2D eigenvalue weighted by atomic mass is 9.68. The lowest BCUT2D eigenvalue weighted by Crippen LogP contribution is -2.37. The Labute approximate surface area is 100 Å². The van der Waals surface area contributed by atoms with E-state index in [9.17, 15) is 0 Å². The highest BCUT2D eigenvalue weighted by Crippen LogP contribution is 2.42. The lowest BCUT2D eigenvalue weighted by molar-refractivity contribution is 0.142. The summed E-state index contributed by atoms with van der Waals surface area (Å²) in [7, 11) is 2.24. The molecule has 0 amide bonds. The average molecular weight is 219 g/mol. The zero-order valence-electron chi connectivity index (χ0n) is 11.0. The summed E-state index contributed by atoms with van der Waals surface area (Å²) in [6, 6.07) is 0. The largest absolute Gasteiger partial charge is 0.306 e. The van der Waals surface area contributed by atoms with Gasteiger partial charge in [0.15, 0.2) is 0 Å². The first-order chi connectivity index (χ1) is 7.60. The molecule has 16 heavy (non-hydrogen) atoms. The molecule has 0 radical (unpaired) electrons. The second kappa shape index (κ2) is 4.75. The van der Waals surface area contributed by atoms with Crippen LogP contribution in [0.2, 0.25) is 0 Å². The van der Waals surface area contributed by atoms with Crippen LogP contribution in [0.3, 0.4) is 0 Å². The smallest absolute Gasteiger partial charge is 0.00188 e. The van der Waals surface area contributed by atoms with Gasteiger partial charge in [-0.05, 0) is 62.7 Å². The summed E-state index contributed by atoms with van der Waals surface area (Å²) >= 11 is 0. The summed E-state index contributed by atoms with van der Waals surface area (Å²) < 4.78 is 0. The van der Waals surface area contributed by atoms with E-state index >= 15 is 0 Å². The van der Waals surface area contributed by atoms with E-state index in [0.717, 1.165) is 5.92 Å². The van der Waals surface area contributed by atoms with Gasteiger partial charge in [-0.3, -0.25) is 0 Å². The molecule has 0 aromatic rings. The fourth-order valence-electron chi connectivity index (χ4n) is 3.06. The average Bonchev–Trinajstić information content (AvgIpc) is 2.31. The quantitative estimate of drug-likeness (QED) is 0.685. The predicted molar refractivity (Wildman–Crippen MR) is 70.5 cm³/mol. The van der Waals surface area contributed by atoms with Crippen LogP contribution in [-0.4, -0.2) is 25.0 Å². The molecule has 1 nitrogen and oxygen atoms in total. The number of nitrogens with zero attached hydrogens (tertiary/aromatic N) is 1. The number of likely N-dealkylation sites (tertiary alicyclic amines) is 1. The van der Waals surface area contributed by atoms with E-state index in [1.165, 1.54) is 38.8 Å². The van der Waals surface area contributed by atoms with Crippen molar-refractivity contribution in [3.63, 3.8) is 0 Å². The van der Waals surface area contributed by atoms with E-state index < -0.39 is 0 Å². The molecule has 90 valence electrons. The summed E-state index contributed by atoms with van der Waals surface area (Å²) in [5.74, 6) is 0.859. The fraction of sp³-hybridized carbons (Fsp3) is 0.733. The Hall–Kier alpha value is -0.560. The van der Waals surface area contributed by atoms with Gasteiger partial charge in [0.1, 0.15) is 0 Å². The molecule has 0 N–H and O–H groups in total. The van der Waals surface area contributed by atoms with Crippen molar-refractivity contribution in [1.82, 2.24) is 4.90 Å². The normalized spacial score (nSPS) is 24.6. The van der Waals surface area contributed by atoms with Crippen LogP contribution in [0.4, 0.5) is 0 Å². The Morgan fingerprint density at radius 1 is 1.19 bits per heavy atom. The third-order valence-corrected chi connectivity index (χ3v) is 4.48. The minimum atomic E-state index is 0.373. The molecule has 0 aromatic heterocycles. The van der Waals surface area contributed by atoms with Crippen molar-refractivity contribution < 1.29 is 0 Å². The van der Waals surface area contributed by atoms with Crippen LogP contribution in [0, 0.1) is 11.3 Å². The molecule has 0 aromatic carbocycles. The predicted octanol–water partition coefficient (Wildman–Crippen LogP) is 3.63. The second-order valence-corrected chi connectivity index (χ2v) is 5.94. The van der Waals surface area contributed by atoms with E-state index in [0.29, 0.717) is 5.41 Å². The molecule has 1 aliphatic heterocycles. The van der Waals surface area contributed by atoms with E-state index in [4.69, 9.17) is 0 Å². The van der Waals surface area contributed by atoms with Gasteiger partial charge in [-0.15, -0.1) is 0 Å². The van der Waals surface area contributed by atoms with E-state index in [1.807, 2.05) is 0 Å². The number of hydrogen-bond donors (Lipinski definition) is 0. The molecular formula is C15H25N. The van der Waals surface area contributed by atoms with Crippen LogP contribution in [0.25, 0.3) is 0 Å². The van der Waals surface area contributed by atoms with Crippen molar-refractivity contribution in [2.75, 3.05) is 20.1 Å². The molecule has 0 bridgehead atoms. The molecule has 1 heterocycles. The zero-order valence-corrected chi connectivity index (χ0v) is 11.0. The van der Waals surface area contributed by atoms with Gasteiger partial charge >= 0.3 is 0 Å². The summed E-state index contributed by atoms with van der Waals surface area (Å²) in [5.41, 5.74) is 1.95. The van der Waals surface area contributed by atoms with Gasteiger partial charge in [0.05, 0.1) is 0 Å². The highest BCUT2D eigenvalue weighted by Gasteiger charge is 2.33. The van der Waals surface area contributed by atoms with Crippen molar-refractivity contribution >= 4 is 0 Å². The van der Waals surface area contributed by atoms with Gasteiger partial charge in [-0.2, -0.15) is 0 Å². The molecule has 1 fully saturated rings. The fourth-order valence-corrected chi connectivity index (χ4v) is 3.06. The Kier molecular flexibility index (Phi) is 3.53. The monoisotopic (exact) mass is 219 g/mol. The molecule has 1 heteroatoms. The zero-order chi connectivity index (χ0) is 11.6. The standard InChI is InChI=1S/C15H25N/c1-15(2,13-7-5-4-6-8-13)14-9-11-16(3)12-10-14/h5,7-8,14H,4,6,9-12H2,1-3H3. The van der Waals surface area contributed by atoms with Gasteiger partial charge in [0.2, 0.25) is 0 Å². The van der Waals surface area contributed by atoms with Gasteiger partial charge in [0.25, 0.3) is 0 Å². The Morgan fingerprint density at radius 3 is 2.44 bits per heavy atom. The maximum absolute atomic E-state index is 2.46. The van der Waals surface area contributed by atoms with Crippen LogP contribution in [0.5, 0.6) is 0 Å². The summed E-state index contributed by atoms with van der Waals surface area (Å²) in [6.45, 7) is 7.41. The van der Waals surface area contributed by atoms with Crippen LogP contribution < -0.4 is 0 Å². The van der Waals surface area contributed by atoms with E-state index in [-0.39, 0.29) is 0 Å². The Balaban J connectivity index is 2.06. The topological polar surface area (TPSA) is 3.24 Å². The van der Waals surface area contributed by atoms with Crippen LogP contribution in [-0.2, 0) is 0 Å². The van der Waals surface area contributed by atoms with Crippen molar-refractivity contribution in [2.45, 2.75) is 39.5 Å². The van der Waals surface area contributed by atoms with Crippen LogP contribution >= 0.6 is 0 Å².